The van der Waals surface area contributed by atoms with Crippen LogP contribution in [0.25, 0.3) is 0 Å². The summed E-state index contributed by atoms with van der Waals surface area (Å²) in [7, 11) is 0. The number of likely N-dealkylation sites (tertiary alicyclic amines) is 2. The van der Waals surface area contributed by atoms with Crippen molar-refractivity contribution in [3.63, 3.8) is 0 Å². The lowest BCUT2D eigenvalue weighted by Crippen LogP contribution is -2.62. The Balaban J connectivity index is 1.53. The number of primary amides is 1. The average Bonchev–Trinajstić information content (AvgIpc) is 1.63. The van der Waals surface area contributed by atoms with E-state index in [-0.39, 0.29) is 166 Å². The van der Waals surface area contributed by atoms with Crippen molar-refractivity contribution < 1.29 is 106 Å². The molecule has 50 nitrogen and oxygen atoms in total. The molecule has 0 aromatic heterocycles. The fourth-order valence-corrected chi connectivity index (χ4v) is 17.0. The van der Waals surface area contributed by atoms with Crippen LogP contribution in [0.15, 0.2) is 54.6 Å². The van der Waals surface area contributed by atoms with E-state index in [1.54, 1.807) is 71.9 Å². The van der Waals surface area contributed by atoms with Crippen molar-refractivity contribution in [3.8, 4) is 5.75 Å². The second kappa shape index (κ2) is 69.2. The summed E-state index contributed by atoms with van der Waals surface area (Å²) in [5.41, 5.74) is 28.8. The van der Waals surface area contributed by atoms with Crippen molar-refractivity contribution in [1.82, 2.24) is 106 Å². The van der Waals surface area contributed by atoms with Crippen molar-refractivity contribution >= 4 is 130 Å². The standard InChI is InChI=1S/C100H166N28O22/c1-10-12-13-14-15-16-17-18-19-20-24-40-77(132)112-55-78(133)116-67(35-27-46-109-98(103)104)87(139)119-66(34-25-26-45-101)85(137)113-56-79(134)117-71(53-64-41-43-65(130)44-42-64)89(141)121-69(37-29-48-111-100(107)108)95(147)127-49-30-38-74(127)92(144)126-83(62(9)129)96(148)128-50-31-39-75(128)91(143)125-82(60(7)11-2)94(146)120-68(36-28-47-110-99(105)106)88(140)124-81(59(5)6)93(145)115-61(8)84(136)122-70(52-63-32-22-21-23-33-63)86(138)114-57-80(135)118-72(54-76(102)131)90(142)123-73(97(149)150)51-58(3)4/h21-23,32-33,41-44,58-62,66-75,81-83,129-130H,10-20,24-31,34-40,45-57,101H2,1-9H3,(H2,102,131)(H,112,132)(H,113,137)(H,114,138)(H,115,145)(H,116,133)(H,117,134)(H,118,135)(H,119,139)(H,120,146)(H,121,141)(H,122,136)(H,123,142)(H,124,140)(H,125,143)(H,126,144)(H,149,150)(H4,103,104,109)(H4,105,106,110)(H4,107,108,111)/t60-,61-,62+,66-,67-,68-,69-,70-,71-,72-,73-,74-,75-,81-,82-,83-/m0/s1. The zero-order chi connectivity index (χ0) is 112. The van der Waals surface area contributed by atoms with E-state index in [0.717, 1.165) is 30.6 Å². The number of amides is 18. The highest BCUT2D eigenvalue weighted by Gasteiger charge is 2.46. The zero-order valence-corrected chi connectivity index (χ0v) is 88.0. The van der Waals surface area contributed by atoms with Gasteiger partial charge in [-0.15, -0.1) is 0 Å². The van der Waals surface area contributed by atoms with E-state index in [2.05, 4.69) is 103 Å². The second-order valence-corrected chi connectivity index (χ2v) is 39.0. The van der Waals surface area contributed by atoms with Gasteiger partial charge in [0.15, 0.2) is 17.9 Å². The number of hydrogen-bond donors (Lipinski definition) is 29. The second-order valence-electron chi connectivity index (χ2n) is 39.0. The fraction of sp³-hybridized carbons (Fsp3) is 0.660. The summed E-state index contributed by atoms with van der Waals surface area (Å²) < 4.78 is 0. The summed E-state index contributed by atoms with van der Waals surface area (Å²) in [6.07, 6.45) is 10.8. The Hall–Kier alpha value is -14.1. The van der Waals surface area contributed by atoms with Gasteiger partial charge in [0, 0.05) is 52.0 Å². The molecule has 2 heterocycles. The van der Waals surface area contributed by atoms with Crippen molar-refractivity contribution in [2.24, 2.45) is 46.4 Å². The van der Waals surface area contributed by atoms with Crippen LogP contribution in [-0.2, 0) is 104 Å². The number of carbonyl (C=O) groups is 19. The molecule has 34 N–H and O–H groups in total. The van der Waals surface area contributed by atoms with E-state index in [9.17, 15) is 102 Å². The molecule has 4 rings (SSSR count). The van der Waals surface area contributed by atoms with Gasteiger partial charge in [0.1, 0.15) is 90.3 Å². The Kier molecular flexibility index (Phi) is 59.2. The number of benzene rings is 2. The number of hydrogen-bond acceptors (Lipinski definition) is 25. The van der Waals surface area contributed by atoms with Gasteiger partial charge in [0.2, 0.25) is 106 Å². The van der Waals surface area contributed by atoms with Crippen LogP contribution in [-0.4, -0.2) is 305 Å². The minimum absolute atomic E-state index is 0.00121. The summed E-state index contributed by atoms with van der Waals surface area (Å²) in [5, 5.41) is 101. The van der Waals surface area contributed by atoms with Crippen LogP contribution >= 0.6 is 0 Å². The van der Waals surface area contributed by atoms with Gasteiger partial charge in [-0.2, -0.15) is 0 Å². The zero-order valence-electron chi connectivity index (χ0n) is 88.0. The number of aromatic hydroxyl groups is 1. The van der Waals surface area contributed by atoms with Crippen LogP contribution in [0.3, 0.4) is 0 Å². The summed E-state index contributed by atoms with van der Waals surface area (Å²) in [5.74, 6) is -19.9. The summed E-state index contributed by atoms with van der Waals surface area (Å²) >= 11 is 0. The third kappa shape index (κ3) is 48.9. The predicted molar refractivity (Wildman–Crippen MR) is 558 cm³/mol. The van der Waals surface area contributed by atoms with E-state index in [1.165, 1.54) is 81.5 Å². The van der Waals surface area contributed by atoms with Crippen LogP contribution in [0.5, 0.6) is 5.75 Å². The molecule has 0 saturated carbocycles. The van der Waals surface area contributed by atoms with Gasteiger partial charge >= 0.3 is 5.97 Å². The highest BCUT2D eigenvalue weighted by molar-refractivity contribution is 6.02. The lowest BCUT2D eigenvalue weighted by atomic mass is 9.96. The SMILES string of the molecule is CCCCCCCCCCCCCC(=O)NCC(=O)N[C@@H](CCCNC(=N)N)C(=O)N[C@@H](CCCCN)C(=O)NCC(=O)N[C@@H](Cc1ccc(O)cc1)C(=O)N[C@@H](CCCNC(=N)N)C(=O)N1CCC[C@H]1C(=O)N[C@H](C(=O)N1CCC[C@H]1C(=O)N[C@H](C(=O)N[C@@H](CCCNC(=N)N)C(=O)N[C@H](C(=O)N[C@@H](C)C(=O)N[C@@H](Cc1ccccc1)C(=O)NCC(=O)N[C@@H](CC(N)=O)C(=O)N[C@@H](CC(C)C)C(=O)O)C(C)C)[C@@H](C)CC)[C@@H](C)O. The smallest absolute Gasteiger partial charge is 0.326 e. The quantitative estimate of drug-likeness (QED) is 0.0179. The Morgan fingerprint density at radius 2 is 0.800 bits per heavy atom. The van der Waals surface area contributed by atoms with Crippen LogP contribution in [0, 0.1) is 34.0 Å². The molecule has 0 radical (unpaired) electrons. The first-order chi connectivity index (χ1) is 71.2. The third-order valence-corrected chi connectivity index (χ3v) is 25.6. The maximum Gasteiger partial charge on any atom is 0.326 e. The number of phenolic OH excluding ortho intramolecular Hbond substituents is 1. The van der Waals surface area contributed by atoms with Crippen LogP contribution in [0.2, 0.25) is 0 Å². The molecule has 2 aliphatic rings. The number of carboxylic acids is 1. The number of aliphatic carboxylic acids is 1. The molecule has 2 saturated heterocycles. The van der Waals surface area contributed by atoms with E-state index in [1.807, 2.05) is 0 Å². The molecular formula is C100H166N28O22. The van der Waals surface area contributed by atoms with Crippen LogP contribution in [0.4, 0.5) is 0 Å². The molecular weight excluding hydrogens is 1950 g/mol. The Bertz CT molecular complexity index is 4770. The minimum atomic E-state index is -1.77. The maximum atomic E-state index is 15.2. The molecule has 2 aromatic rings. The number of unbranched alkanes of at least 4 members (excludes halogenated alkanes) is 11. The first-order valence-corrected chi connectivity index (χ1v) is 52.2. The molecule has 0 spiro atoms. The van der Waals surface area contributed by atoms with E-state index >= 15 is 4.79 Å². The van der Waals surface area contributed by atoms with Gasteiger partial charge in [-0.05, 0) is 158 Å². The molecule has 16 atom stereocenters. The molecule has 0 unspecified atom stereocenters. The number of carboxylic acid groups (broad SMARTS) is 1. The monoisotopic (exact) mass is 2110 g/mol. The number of guanidine groups is 3. The van der Waals surface area contributed by atoms with E-state index in [4.69, 9.17) is 44.9 Å². The van der Waals surface area contributed by atoms with Gasteiger partial charge in [-0.3, -0.25) is 103 Å². The Labute approximate surface area is 876 Å². The average molecular weight is 2110 g/mol. The Morgan fingerprint density at radius 3 is 1.29 bits per heavy atom. The van der Waals surface area contributed by atoms with E-state index in [0.29, 0.717) is 30.4 Å². The van der Waals surface area contributed by atoms with Crippen molar-refractivity contribution in [2.75, 3.05) is 58.9 Å². The number of nitrogens with zero attached hydrogens (tertiary/aromatic N) is 2. The molecule has 0 aliphatic carbocycles. The molecule has 150 heavy (non-hydrogen) atoms. The largest absolute Gasteiger partial charge is 0.508 e. The van der Waals surface area contributed by atoms with Crippen molar-refractivity contribution in [1.29, 1.82) is 16.2 Å². The minimum Gasteiger partial charge on any atom is -0.508 e. The predicted octanol–water partition coefficient (Wildman–Crippen LogP) is -2.95. The molecule has 18 amide bonds. The van der Waals surface area contributed by atoms with Gasteiger partial charge < -0.3 is 149 Å². The Morgan fingerprint density at radius 1 is 0.393 bits per heavy atom. The number of rotatable bonds is 72. The highest BCUT2D eigenvalue weighted by atomic mass is 16.4. The normalized spacial score (nSPS) is 16.0. The van der Waals surface area contributed by atoms with Gasteiger partial charge in [-0.25, -0.2) is 4.79 Å². The van der Waals surface area contributed by atoms with Gasteiger partial charge in [0.05, 0.1) is 32.2 Å². The highest BCUT2D eigenvalue weighted by Crippen LogP contribution is 2.26. The molecule has 2 aromatic carbocycles. The van der Waals surface area contributed by atoms with Gasteiger partial charge in [0.25, 0.3) is 0 Å². The lowest BCUT2D eigenvalue weighted by Gasteiger charge is -2.33. The number of aliphatic hydroxyl groups is 1. The number of nitrogens with one attached hydrogen (secondary N) is 21. The van der Waals surface area contributed by atoms with Crippen molar-refractivity contribution in [2.45, 2.75) is 346 Å². The number of phenols is 1. The fourth-order valence-electron chi connectivity index (χ4n) is 17.0. The van der Waals surface area contributed by atoms with Gasteiger partial charge in [-0.1, -0.05) is 162 Å². The first kappa shape index (κ1) is 128. The molecule has 2 aliphatic heterocycles. The van der Waals surface area contributed by atoms with E-state index < -0.39 is 247 Å². The van der Waals surface area contributed by atoms with Crippen LogP contribution in [0.1, 0.15) is 253 Å². The summed E-state index contributed by atoms with van der Waals surface area (Å²) in [4.78, 5) is 268. The summed E-state index contributed by atoms with van der Waals surface area (Å²) in [6, 6.07) is -6.42. The number of nitrogens with two attached hydrogens (primary N) is 5. The lowest BCUT2D eigenvalue weighted by molar-refractivity contribution is -0.146. The summed E-state index contributed by atoms with van der Waals surface area (Å²) in [6.45, 7) is 12.8. The molecule has 838 valence electrons. The van der Waals surface area contributed by atoms with Crippen LogP contribution < -0.4 is 124 Å². The molecule has 0 bridgehead atoms. The third-order valence-electron chi connectivity index (χ3n) is 25.6. The maximum absolute atomic E-state index is 15.2. The number of carbonyl (C=O) groups excluding carboxylic acids is 18. The van der Waals surface area contributed by atoms with Crippen molar-refractivity contribution in [3.05, 3.63) is 65.7 Å². The topological polar surface area (TPSA) is 810 Å². The number of aliphatic hydroxyl groups excluding tert-OH is 1. The molecule has 50 heteroatoms. The molecule has 2 fully saturated rings. The first-order valence-electron chi connectivity index (χ1n) is 52.2.